The molecule has 1 N–H and O–H groups in total. The fourth-order valence-electron chi connectivity index (χ4n) is 3.03. The normalized spacial score (nSPS) is 19.4. The van der Waals surface area contributed by atoms with E-state index in [4.69, 9.17) is 4.74 Å². The lowest BCUT2D eigenvalue weighted by atomic mass is 10.0. The van der Waals surface area contributed by atoms with Gasteiger partial charge in [-0.05, 0) is 37.5 Å². The lowest BCUT2D eigenvalue weighted by molar-refractivity contribution is -0.120. The third-order valence-corrected chi connectivity index (χ3v) is 4.49. The van der Waals surface area contributed by atoms with Gasteiger partial charge in [0.15, 0.2) is 0 Å². The summed E-state index contributed by atoms with van der Waals surface area (Å²) in [6, 6.07) is 7.84. The van der Waals surface area contributed by atoms with E-state index >= 15 is 0 Å². The first kappa shape index (κ1) is 16.5. The first-order valence-corrected chi connectivity index (χ1v) is 8.28. The van der Waals surface area contributed by atoms with E-state index in [2.05, 4.69) is 10.4 Å². The molecule has 1 aromatic carbocycles. The van der Waals surface area contributed by atoms with Gasteiger partial charge in [-0.1, -0.05) is 12.1 Å². The van der Waals surface area contributed by atoms with Crippen LogP contribution < -0.4 is 10.2 Å². The van der Waals surface area contributed by atoms with Crippen LogP contribution in [0, 0.1) is 0 Å². The minimum Gasteiger partial charge on any atom is -0.377 e. The quantitative estimate of drug-likeness (QED) is 0.917. The van der Waals surface area contributed by atoms with Crippen LogP contribution in [0.4, 0.5) is 11.4 Å². The van der Waals surface area contributed by atoms with Crippen LogP contribution in [0.15, 0.2) is 36.7 Å². The summed E-state index contributed by atoms with van der Waals surface area (Å²) in [6.45, 7) is 2.75. The van der Waals surface area contributed by atoms with Gasteiger partial charge in [0.05, 0.1) is 18.0 Å². The number of ether oxygens (including phenoxy) is 1. The second-order valence-corrected chi connectivity index (χ2v) is 6.20. The van der Waals surface area contributed by atoms with Crippen molar-refractivity contribution >= 4 is 17.3 Å². The fourth-order valence-corrected chi connectivity index (χ4v) is 3.03. The summed E-state index contributed by atoms with van der Waals surface area (Å²) < 4.78 is 7.08. The smallest absolute Gasteiger partial charge is 0.249 e. The van der Waals surface area contributed by atoms with Crippen LogP contribution in [0.25, 0.3) is 0 Å². The van der Waals surface area contributed by atoms with Crippen LogP contribution in [0.2, 0.25) is 0 Å². The van der Waals surface area contributed by atoms with Crippen LogP contribution >= 0.6 is 0 Å². The van der Waals surface area contributed by atoms with Crippen molar-refractivity contribution < 1.29 is 9.53 Å². The van der Waals surface area contributed by atoms with Gasteiger partial charge in [0.2, 0.25) is 5.91 Å². The van der Waals surface area contributed by atoms with Crippen molar-refractivity contribution in [1.82, 2.24) is 9.78 Å². The third kappa shape index (κ3) is 3.43. The molecule has 0 saturated carbocycles. The number of aryl methyl sites for hydroxylation is 1. The molecule has 1 amide bonds. The van der Waals surface area contributed by atoms with Crippen molar-refractivity contribution in [3.8, 4) is 0 Å². The van der Waals surface area contributed by atoms with Crippen molar-refractivity contribution in [2.24, 2.45) is 7.05 Å². The maximum atomic E-state index is 12.8. The second-order valence-electron chi connectivity index (χ2n) is 6.20. The van der Waals surface area contributed by atoms with E-state index in [0.29, 0.717) is 0 Å². The Hall–Kier alpha value is -2.34. The molecule has 24 heavy (non-hydrogen) atoms. The van der Waals surface area contributed by atoms with Crippen molar-refractivity contribution in [1.29, 1.82) is 0 Å². The van der Waals surface area contributed by atoms with Crippen LogP contribution in [-0.2, 0) is 16.6 Å². The Morgan fingerprint density at radius 2 is 2.25 bits per heavy atom. The molecule has 0 bridgehead atoms. The summed E-state index contributed by atoms with van der Waals surface area (Å²) in [4.78, 5) is 14.6. The van der Waals surface area contributed by atoms with E-state index in [0.717, 1.165) is 36.3 Å². The maximum absolute atomic E-state index is 12.8. The molecule has 2 heterocycles. The van der Waals surface area contributed by atoms with Gasteiger partial charge in [0.1, 0.15) is 6.04 Å². The predicted octanol–water partition coefficient (Wildman–Crippen LogP) is 2.74. The Labute approximate surface area is 142 Å². The topological polar surface area (TPSA) is 59.4 Å². The van der Waals surface area contributed by atoms with E-state index in [9.17, 15) is 4.79 Å². The number of anilines is 2. The highest BCUT2D eigenvalue weighted by Gasteiger charge is 2.30. The van der Waals surface area contributed by atoms with Crippen molar-refractivity contribution in [3.63, 3.8) is 0 Å². The van der Waals surface area contributed by atoms with Gasteiger partial charge >= 0.3 is 0 Å². The maximum Gasteiger partial charge on any atom is 0.249 e. The average Bonchev–Trinajstić information content (AvgIpc) is 3.02. The molecule has 3 rings (SSSR count). The van der Waals surface area contributed by atoms with Crippen LogP contribution in [0.5, 0.6) is 0 Å². The number of benzene rings is 1. The molecule has 6 heteroatoms. The van der Waals surface area contributed by atoms with E-state index in [-0.39, 0.29) is 18.1 Å². The zero-order valence-electron chi connectivity index (χ0n) is 14.4. The Bertz CT molecular complexity index is 713. The summed E-state index contributed by atoms with van der Waals surface area (Å²) in [5, 5.41) is 7.55. The fraction of sp³-hybridized carbons (Fsp3) is 0.444. The molecular weight excluding hydrogens is 304 g/mol. The Balaban J connectivity index is 1.74. The van der Waals surface area contributed by atoms with E-state index < -0.39 is 0 Å². The minimum absolute atomic E-state index is 0.0284. The minimum atomic E-state index is -0.216. The second kappa shape index (κ2) is 7.05. The predicted molar refractivity (Wildman–Crippen MR) is 94.1 cm³/mol. The molecule has 128 valence electrons. The highest BCUT2D eigenvalue weighted by Crippen LogP contribution is 2.24. The summed E-state index contributed by atoms with van der Waals surface area (Å²) in [7, 11) is 3.55. The standard InChI is InChI=1S/C18H24N4O2/c1-13(24-3)14-6-4-7-15(10-14)20-17-8-5-9-22(18(17)23)16-11-19-21(2)12-16/h4,6-7,10-13,17,20H,5,8-9H2,1-3H3/t13-,17+/m0/s1. The van der Waals surface area contributed by atoms with Gasteiger partial charge in [-0.25, -0.2) is 0 Å². The molecule has 2 atom stereocenters. The SMILES string of the molecule is CO[C@@H](C)c1cccc(N[C@@H]2CCCN(c3cnn(C)c3)C2=O)c1. The summed E-state index contributed by atoms with van der Waals surface area (Å²) in [5.74, 6) is 0.0967. The zero-order valence-corrected chi connectivity index (χ0v) is 14.4. The molecule has 0 radical (unpaired) electrons. The number of piperidine rings is 1. The molecule has 1 aliphatic rings. The highest BCUT2D eigenvalue weighted by atomic mass is 16.5. The number of aromatic nitrogens is 2. The number of hydrogen-bond acceptors (Lipinski definition) is 4. The zero-order chi connectivity index (χ0) is 17.1. The molecule has 0 aliphatic carbocycles. The molecule has 1 aromatic heterocycles. The highest BCUT2D eigenvalue weighted by molar-refractivity contribution is 5.99. The molecule has 0 unspecified atom stereocenters. The summed E-state index contributed by atoms with van der Waals surface area (Å²) in [5.41, 5.74) is 2.90. The van der Waals surface area contributed by atoms with Crippen molar-refractivity contribution in [3.05, 3.63) is 42.2 Å². The van der Waals surface area contributed by atoms with E-state index in [1.54, 1.807) is 18.0 Å². The van der Waals surface area contributed by atoms with Gasteiger partial charge in [0.25, 0.3) is 0 Å². The molecule has 0 spiro atoms. The number of carbonyl (C=O) groups excluding carboxylic acids is 1. The van der Waals surface area contributed by atoms with Gasteiger partial charge in [-0.2, -0.15) is 5.10 Å². The summed E-state index contributed by atoms with van der Waals surface area (Å²) in [6.07, 6.45) is 5.44. The number of nitrogens with zero attached hydrogens (tertiary/aromatic N) is 3. The number of amides is 1. The first-order valence-electron chi connectivity index (χ1n) is 8.28. The van der Waals surface area contributed by atoms with Crippen molar-refractivity contribution in [2.45, 2.75) is 31.9 Å². The Kier molecular flexibility index (Phi) is 4.85. The average molecular weight is 328 g/mol. The van der Waals surface area contributed by atoms with Gasteiger partial charge in [-0.3, -0.25) is 9.48 Å². The van der Waals surface area contributed by atoms with Gasteiger partial charge in [0, 0.05) is 32.6 Å². The number of rotatable bonds is 5. The monoisotopic (exact) mass is 328 g/mol. The van der Waals surface area contributed by atoms with Crippen LogP contribution in [0.1, 0.15) is 31.4 Å². The van der Waals surface area contributed by atoms with Gasteiger partial charge in [-0.15, -0.1) is 0 Å². The molecule has 1 aliphatic heterocycles. The third-order valence-electron chi connectivity index (χ3n) is 4.49. The lowest BCUT2D eigenvalue weighted by Crippen LogP contribution is -2.47. The van der Waals surface area contributed by atoms with Crippen LogP contribution in [0.3, 0.4) is 0 Å². The lowest BCUT2D eigenvalue weighted by Gasteiger charge is -2.32. The number of carbonyl (C=O) groups is 1. The molecule has 2 aromatic rings. The van der Waals surface area contributed by atoms with Crippen LogP contribution in [-0.4, -0.2) is 35.4 Å². The summed E-state index contributed by atoms with van der Waals surface area (Å²) >= 11 is 0. The van der Waals surface area contributed by atoms with E-state index in [1.165, 1.54) is 0 Å². The van der Waals surface area contributed by atoms with Crippen molar-refractivity contribution in [2.75, 3.05) is 23.9 Å². The number of hydrogen-bond donors (Lipinski definition) is 1. The first-order chi connectivity index (χ1) is 11.6. The molecule has 1 fully saturated rings. The number of nitrogens with one attached hydrogen (secondary N) is 1. The molecule has 6 nitrogen and oxygen atoms in total. The number of methoxy groups -OCH3 is 1. The molecular formula is C18H24N4O2. The Morgan fingerprint density at radius 1 is 1.42 bits per heavy atom. The van der Waals surface area contributed by atoms with E-state index in [1.807, 2.05) is 49.3 Å². The Morgan fingerprint density at radius 3 is 2.96 bits per heavy atom. The largest absolute Gasteiger partial charge is 0.377 e. The molecule has 1 saturated heterocycles. The van der Waals surface area contributed by atoms with Gasteiger partial charge < -0.3 is 15.0 Å².